The van der Waals surface area contributed by atoms with E-state index >= 15 is 0 Å². The SMILES string of the molecule is C=c1cc(C)/c(=C\C2=NCCc3c2[nH]c2cc(OC)ccc32)cc1C(C)C. The van der Waals surface area contributed by atoms with E-state index < -0.39 is 0 Å². The number of aryl methyl sites for hydroxylation is 1. The number of H-pyrrole nitrogens is 1. The van der Waals surface area contributed by atoms with Crippen LogP contribution in [0, 0.1) is 6.92 Å². The van der Waals surface area contributed by atoms with Gasteiger partial charge in [0, 0.05) is 23.5 Å². The van der Waals surface area contributed by atoms with E-state index in [0.29, 0.717) is 5.92 Å². The Morgan fingerprint density at radius 1 is 1.22 bits per heavy atom. The van der Waals surface area contributed by atoms with E-state index in [2.05, 4.69) is 62.7 Å². The van der Waals surface area contributed by atoms with Gasteiger partial charge in [0.15, 0.2) is 0 Å². The van der Waals surface area contributed by atoms with E-state index in [1.807, 2.05) is 6.07 Å². The van der Waals surface area contributed by atoms with Gasteiger partial charge >= 0.3 is 0 Å². The third-order valence-corrected chi connectivity index (χ3v) is 5.46. The topological polar surface area (TPSA) is 37.4 Å². The van der Waals surface area contributed by atoms with Crippen molar-refractivity contribution in [2.45, 2.75) is 33.1 Å². The van der Waals surface area contributed by atoms with Crippen LogP contribution >= 0.6 is 0 Å². The van der Waals surface area contributed by atoms with E-state index in [1.54, 1.807) is 7.11 Å². The number of fused-ring (bicyclic) bond motifs is 3. The van der Waals surface area contributed by atoms with Gasteiger partial charge in [-0.1, -0.05) is 32.6 Å². The van der Waals surface area contributed by atoms with Gasteiger partial charge in [0.05, 0.1) is 18.5 Å². The third kappa shape index (κ3) is 3.08. The minimum atomic E-state index is 0.453. The van der Waals surface area contributed by atoms with Crippen LogP contribution < -0.4 is 15.2 Å². The van der Waals surface area contributed by atoms with Crippen LogP contribution in [0.2, 0.25) is 0 Å². The maximum atomic E-state index is 5.38. The first kappa shape index (κ1) is 17.6. The van der Waals surface area contributed by atoms with Crippen LogP contribution in [-0.4, -0.2) is 24.4 Å². The number of hydrogen-bond acceptors (Lipinski definition) is 2. The first-order chi connectivity index (χ1) is 13.0. The van der Waals surface area contributed by atoms with Gasteiger partial charge in [-0.3, -0.25) is 4.99 Å². The zero-order valence-electron chi connectivity index (χ0n) is 16.5. The average Bonchev–Trinajstić information content (AvgIpc) is 3.02. The summed E-state index contributed by atoms with van der Waals surface area (Å²) >= 11 is 0. The monoisotopic (exact) mass is 358 g/mol. The Kier molecular flexibility index (Phi) is 4.39. The number of aromatic nitrogens is 1. The summed E-state index contributed by atoms with van der Waals surface area (Å²) in [5.74, 6) is 1.32. The number of nitrogens with one attached hydrogen (secondary N) is 1. The number of nitrogens with zero attached hydrogens (tertiary/aromatic N) is 1. The van der Waals surface area contributed by atoms with Crippen molar-refractivity contribution in [3.05, 3.63) is 63.2 Å². The van der Waals surface area contributed by atoms with Crippen molar-refractivity contribution in [2.75, 3.05) is 13.7 Å². The van der Waals surface area contributed by atoms with Crippen LogP contribution in [0.1, 0.15) is 42.1 Å². The predicted octanol–water partition coefficient (Wildman–Crippen LogP) is 3.84. The fourth-order valence-corrected chi connectivity index (χ4v) is 3.97. The van der Waals surface area contributed by atoms with E-state index in [-0.39, 0.29) is 0 Å². The molecule has 0 radical (unpaired) electrons. The number of hydrogen-bond donors (Lipinski definition) is 1. The Morgan fingerprint density at radius 3 is 2.78 bits per heavy atom. The van der Waals surface area contributed by atoms with Crippen LogP contribution in [0.3, 0.4) is 0 Å². The van der Waals surface area contributed by atoms with E-state index in [9.17, 15) is 0 Å². The van der Waals surface area contributed by atoms with E-state index in [4.69, 9.17) is 9.73 Å². The van der Waals surface area contributed by atoms with E-state index in [0.717, 1.165) is 40.9 Å². The lowest BCUT2D eigenvalue weighted by atomic mass is 9.96. The average molecular weight is 358 g/mol. The maximum absolute atomic E-state index is 5.38. The number of benzene rings is 2. The molecule has 0 aliphatic carbocycles. The van der Waals surface area contributed by atoms with Crippen LogP contribution in [0.25, 0.3) is 23.6 Å². The first-order valence-corrected chi connectivity index (χ1v) is 9.52. The van der Waals surface area contributed by atoms with Crippen molar-refractivity contribution >= 4 is 29.3 Å². The maximum Gasteiger partial charge on any atom is 0.120 e. The van der Waals surface area contributed by atoms with Gasteiger partial charge in [-0.25, -0.2) is 0 Å². The van der Waals surface area contributed by atoms with Gasteiger partial charge in [-0.15, -0.1) is 0 Å². The van der Waals surface area contributed by atoms with Crippen LogP contribution in [0.15, 0.2) is 35.3 Å². The number of ether oxygens (including phenoxy) is 1. The van der Waals surface area contributed by atoms with Gasteiger partial charge in [-0.05, 0) is 64.6 Å². The normalized spacial score (nSPS) is 14.6. The second kappa shape index (κ2) is 6.73. The molecular formula is C24H26N2O. The molecule has 0 atom stereocenters. The van der Waals surface area contributed by atoms with Crippen molar-refractivity contribution < 1.29 is 4.74 Å². The highest BCUT2D eigenvalue weighted by Crippen LogP contribution is 2.29. The zero-order valence-corrected chi connectivity index (χ0v) is 16.5. The molecule has 1 aliphatic rings. The highest BCUT2D eigenvalue weighted by Gasteiger charge is 2.18. The molecule has 27 heavy (non-hydrogen) atoms. The van der Waals surface area contributed by atoms with Gasteiger partial charge in [0.25, 0.3) is 0 Å². The molecule has 3 nitrogen and oxygen atoms in total. The minimum absolute atomic E-state index is 0.453. The molecule has 1 N–H and O–H groups in total. The summed E-state index contributed by atoms with van der Waals surface area (Å²) < 4.78 is 5.38. The lowest BCUT2D eigenvalue weighted by Gasteiger charge is -2.12. The van der Waals surface area contributed by atoms with Gasteiger partial charge in [-0.2, -0.15) is 0 Å². The lowest BCUT2D eigenvalue weighted by Crippen LogP contribution is -2.21. The molecule has 138 valence electrons. The number of aromatic amines is 1. The van der Waals surface area contributed by atoms with Crippen LogP contribution in [0.4, 0.5) is 0 Å². The standard InChI is InChI=1S/C24H26N2O/c1-14(2)21-11-17(15(3)10-16(21)4)12-23-24-20(8-9-25-23)19-7-6-18(27-5)13-22(19)26-24/h6-7,10-14,26H,4,8-9H2,1-3,5H3/b17-12-. The van der Waals surface area contributed by atoms with Crippen molar-refractivity contribution in [3.63, 3.8) is 0 Å². The fourth-order valence-electron chi connectivity index (χ4n) is 3.97. The Labute approximate surface area is 160 Å². The summed E-state index contributed by atoms with van der Waals surface area (Å²) in [6.07, 6.45) is 3.18. The molecule has 3 heteroatoms. The highest BCUT2D eigenvalue weighted by atomic mass is 16.5. The van der Waals surface area contributed by atoms with Crippen LogP contribution in [-0.2, 0) is 6.42 Å². The molecule has 0 unspecified atom stereocenters. The molecule has 2 aromatic carbocycles. The highest BCUT2D eigenvalue weighted by molar-refractivity contribution is 6.22. The summed E-state index contributed by atoms with van der Waals surface area (Å²) in [4.78, 5) is 8.40. The molecule has 0 saturated carbocycles. The lowest BCUT2D eigenvalue weighted by molar-refractivity contribution is 0.415. The first-order valence-electron chi connectivity index (χ1n) is 9.52. The number of rotatable bonds is 3. The molecule has 3 aromatic rings. The molecule has 0 fully saturated rings. The van der Waals surface area contributed by atoms with Crippen molar-refractivity contribution in [3.8, 4) is 5.75 Å². The summed E-state index contributed by atoms with van der Waals surface area (Å²) in [6.45, 7) is 11.6. The van der Waals surface area contributed by atoms with Crippen molar-refractivity contribution in [1.29, 1.82) is 0 Å². The third-order valence-electron chi connectivity index (χ3n) is 5.46. The second-order valence-corrected chi connectivity index (χ2v) is 7.61. The molecule has 1 aliphatic heterocycles. The molecular weight excluding hydrogens is 332 g/mol. The summed E-state index contributed by atoms with van der Waals surface area (Å²) in [5.41, 5.74) is 7.15. The second-order valence-electron chi connectivity index (χ2n) is 7.61. The molecule has 0 amide bonds. The van der Waals surface area contributed by atoms with Gasteiger partial charge in [0.2, 0.25) is 0 Å². The number of methoxy groups -OCH3 is 1. The van der Waals surface area contributed by atoms with Crippen molar-refractivity contribution in [1.82, 2.24) is 4.98 Å². The molecule has 2 heterocycles. The molecule has 0 spiro atoms. The summed E-state index contributed by atoms with van der Waals surface area (Å²) in [5, 5.41) is 3.59. The minimum Gasteiger partial charge on any atom is -0.497 e. The Balaban J connectivity index is 1.88. The zero-order chi connectivity index (χ0) is 19.1. The smallest absolute Gasteiger partial charge is 0.120 e. The van der Waals surface area contributed by atoms with Crippen LogP contribution in [0.5, 0.6) is 5.75 Å². The number of aliphatic imine (C=N–C) groups is 1. The molecule has 4 rings (SSSR count). The largest absolute Gasteiger partial charge is 0.497 e. The summed E-state index contributed by atoms with van der Waals surface area (Å²) in [7, 11) is 1.70. The molecule has 1 aromatic heterocycles. The Bertz CT molecular complexity index is 1170. The quantitative estimate of drug-likeness (QED) is 0.759. The fraction of sp³-hybridized carbons (Fsp3) is 0.292. The molecule has 0 saturated heterocycles. The van der Waals surface area contributed by atoms with E-state index in [1.165, 1.54) is 27.3 Å². The predicted molar refractivity (Wildman–Crippen MR) is 114 cm³/mol. The summed E-state index contributed by atoms with van der Waals surface area (Å²) in [6, 6.07) is 10.7. The van der Waals surface area contributed by atoms with Crippen molar-refractivity contribution in [2.24, 2.45) is 4.99 Å². The Morgan fingerprint density at radius 2 is 2.04 bits per heavy atom. The Hall–Kier alpha value is -2.81. The van der Waals surface area contributed by atoms with Gasteiger partial charge in [0.1, 0.15) is 5.75 Å². The molecule has 0 bridgehead atoms. The van der Waals surface area contributed by atoms with Gasteiger partial charge < -0.3 is 9.72 Å².